The van der Waals surface area contributed by atoms with Gasteiger partial charge < -0.3 is 9.80 Å². The number of nitrogens with zero attached hydrogens (tertiary/aromatic N) is 4. The standard InChI is InChI=1S/C16H22N4O2/c1-3-4-8-16(17-18-16)9-7-14(21)20-12-5-6-13(20)11-19(2)15(22)10-12/h1,12-13H,4-11H2,2H3/t12-,13?/m1/s1. The first-order valence-electron chi connectivity index (χ1n) is 7.97. The van der Waals surface area contributed by atoms with E-state index in [1.165, 1.54) is 0 Å². The number of hydrogen-bond donors (Lipinski definition) is 0. The van der Waals surface area contributed by atoms with Gasteiger partial charge in [-0.15, -0.1) is 12.3 Å². The molecule has 0 spiro atoms. The van der Waals surface area contributed by atoms with Crippen molar-refractivity contribution in [3.05, 3.63) is 0 Å². The smallest absolute Gasteiger partial charge is 0.224 e. The lowest BCUT2D eigenvalue weighted by atomic mass is 10.0. The second-order valence-corrected chi connectivity index (χ2v) is 6.55. The van der Waals surface area contributed by atoms with Crippen LogP contribution in [0.25, 0.3) is 0 Å². The molecule has 2 amide bonds. The van der Waals surface area contributed by atoms with Crippen LogP contribution in [0.3, 0.4) is 0 Å². The summed E-state index contributed by atoms with van der Waals surface area (Å²) in [5, 5.41) is 8.16. The molecule has 0 aromatic heterocycles. The predicted octanol–water partition coefficient (Wildman–Crippen LogP) is 1.56. The topological polar surface area (TPSA) is 65.3 Å². The fraction of sp³-hybridized carbons (Fsp3) is 0.750. The number of likely N-dealkylation sites (N-methyl/N-ethyl adjacent to an activating group) is 1. The quantitative estimate of drug-likeness (QED) is 0.723. The predicted molar refractivity (Wildman–Crippen MR) is 80.8 cm³/mol. The van der Waals surface area contributed by atoms with E-state index in [-0.39, 0.29) is 23.9 Å². The number of hydrogen-bond acceptors (Lipinski definition) is 4. The molecule has 0 N–H and O–H groups in total. The van der Waals surface area contributed by atoms with Crippen LogP contribution in [0.15, 0.2) is 10.2 Å². The molecule has 6 nitrogen and oxygen atoms in total. The third kappa shape index (κ3) is 2.85. The van der Waals surface area contributed by atoms with Gasteiger partial charge in [-0.3, -0.25) is 9.59 Å². The lowest BCUT2D eigenvalue weighted by molar-refractivity contribution is -0.134. The molecule has 0 aliphatic carbocycles. The van der Waals surface area contributed by atoms with Crippen LogP contribution in [-0.2, 0) is 9.59 Å². The van der Waals surface area contributed by atoms with Crippen molar-refractivity contribution in [2.45, 2.75) is 62.7 Å². The van der Waals surface area contributed by atoms with Crippen LogP contribution in [0.1, 0.15) is 44.9 Å². The molecule has 2 saturated heterocycles. The number of carbonyl (C=O) groups excluding carboxylic acids is 2. The summed E-state index contributed by atoms with van der Waals surface area (Å²) < 4.78 is 0. The van der Waals surface area contributed by atoms with Gasteiger partial charge in [0.15, 0.2) is 5.66 Å². The van der Waals surface area contributed by atoms with Crippen LogP contribution in [0.4, 0.5) is 0 Å². The van der Waals surface area contributed by atoms with Crippen molar-refractivity contribution >= 4 is 11.8 Å². The molecule has 2 atom stereocenters. The van der Waals surface area contributed by atoms with Crippen LogP contribution in [0.2, 0.25) is 0 Å². The molecule has 3 aliphatic heterocycles. The van der Waals surface area contributed by atoms with E-state index in [4.69, 9.17) is 6.42 Å². The Bertz CT molecular complexity index is 545. The fourth-order valence-electron chi connectivity index (χ4n) is 3.63. The second-order valence-electron chi connectivity index (χ2n) is 6.55. The van der Waals surface area contributed by atoms with Crippen LogP contribution >= 0.6 is 0 Å². The third-order valence-electron chi connectivity index (χ3n) is 5.02. The Kier molecular flexibility index (Phi) is 3.90. The second kappa shape index (κ2) is 5.71. The first kappa shape index (κ1) is 15.0. The highest BCUT2D eigenvalue weighted by atomic mass is 16.2. The zero-order valence-electron chi connectivity index (χ0n) is 13.0. The van der Waals surface area contributed by atoms with E-state index in [9.17, 15) is 9.59 Å². The summed E-state index contributed by atoms with van der Waals surface area (Å²) >= 11 is 0. The molecule has 118 valence electrons. The van der Waals surface area contributed by atoms with Crippen LogP contribution in [-0.4, -0.2) is 53.0 Å². The zero-order valence-corrected chi connectivity index (χ0v) is 13.0. The molecular weight excluding hydrogens is 280 g/mol. The molecule has 0 radical (unpaired) electrons. The largest absolute Gasteiger partial charge is 0.344 e. The summed E-state index contributed by atoms with van der Waals surface area (Å²) in [4.78, 5) is 28.3. The molecule has 1 unspecified atom stereocenters. The van der Waals surface area contributed by atoms with E-state index in [1.54, 1.807) is 4.90 Å². The molecule has 6 heteroatoms. The highest BCUT2D eigenvalue weighted by Gasteiger charge is 2.44. The van der Waals surface area contributed by atoms with Gasteiger partial charge in [-0.2, -0.15) is 10.2 Å². The van der Waals surface area contributed by atoms with Crippen molar-refractivity contribution in [1.29, 1.82) is 0 Å². The van der Waals surface area contributed by atoms with Crippen molar-refractivity contribution < 1.29 is 9.59 Å². The number of terminal acetylenes is 1. The summed E-state index contributed by atoms with van der Waals surface area (Å²) in [6.07, 6.45) is 10.1. The third-order valence-corrected chi connectivity index (χ3v) is 5.02. The number of rotatable bonds is 5. The van der Waals surface area contributed by atoms with Gasteiger partial charge in [0.05, 0.1) is 0 Å². The van der Waals surface area contributed by atoms with Gasteiger partial charge in [-0.05, 0) is 12.8 Å². The minimum absolute atomic E-state index is 0.0738. The molecule has 22 heavy (non-hydrogen) atoms. The summed E-state index contributed by atoms with van der Waals surface area (Å²) in [6.45, 7) is 0.651. The van der Waals surface area contributed by atoms with Crippen molar-refractivity contribution in [2.75, 3.05) is 13.6 Å². The van der Waals surface area contributed by atoms with Crippen molar-refractivity contribution in [1.82, 2.24) is 9.80 Å². The van der Waals surface area contributed by atoms with E-state index in [1.807, 2.05) is 11.9 Å². The van der Waals surface area contributed by atoms with Gasteiger partial charge in [-0.1, -0.05) is 0 Å². The molecule has 2 bridgehead atoms. The zero-order chi connectivity index (χ0) is 15.7. The number of fused-ring (bicyclic) bond motifs is 2. The van der Waals surface area contributed by atoms with E-state index in [0.717, 1.165) is 19.3 Å². The Morgan fingerprint density at radius 1 is 1.36 bits per heavy atom. The van der Waals surface area contributed by atoms with E-state index >= 15 is 0 Å². The molecule has 3 heterocycles. The molecule has 2 fully saturated rings. The minimum Gasteiger partial charge on any atom is -0.344 e. The minimum atomic E-state index is -0.403. The van der Waals surface area contributed by atoms with Gasteiger partial charge in [0, 0.05) is 57.8 Å². The molecular formula is C16H22N4O2. The van der Waals surface area contributed by atoms with Crippen LogP contribution in [0.5, 0.6) is 0 Å². The van der Waals surface area contributed by atoms with Crippen LogP contribution < -0.4 is 0 Å². The molecule has 0 aromatic rings. The molecule has 0 aromatic carbocycles. The summed E-state index contributed by atoms with van der Waals surface area (Å²) in [5.74, 6) is 2.87. The summed E-state index contributed by atoms with van der Waals surface area (Å²) in [6, 6.07) is 0.244. The fourth-order valence-corrected chi connectivity index (χ4v) is 3.63. The van der Waals surface area contributed by atoms with E-state index < -0.39 is 5.66 Å². The Morgan fingerprint density at radius 2 is 2.09 bits per heavy atom. The maximum Gasteiger partial charge on any atom is 0.224 e. The van der Waals surface area contributed by atoms with Crippen molar-refractivity contribution in [2.24, 2.45) is 10.2 Å². The normalized spacial score (nSPS) is 28.5. The molecule has 3 rings (SSSR count). The van der Waals surface area contributed by atoms with Gasteiger partial charge in [0.1, 0.15) is 0 Å². The SMILES string of the molecule is C#CCCC1(CCC(=O)N2C3CC[C@@H]2CC(=O)N(C)C3)N=N1. The average molecular weight is 302 g/mol. The van der Waals surface area contributed by atoms with Crippen molar-refractivity contribution in [3.63, 3.8) is 0 Å². The Balaban J connectivity index is 1.58. The van der Waals surface area contributed by atoms with Gasteiger partial charge in [0.2, 0.25) is 11.8 Å². The van der Waals surface area contributed by atoms with Gasteiger partial charge in [0.25, 0.3) is 0 Å². The Morgan fingerprint density at radius 3 is 2.77 bits per heavy atom. The van der Waals surface area contributed by atoms with Gasteiger partial charge in [-0.25, -0.2) is 0 Å². The monoisotopic (exact) mass is 302 g/mol. The first-order chi connectivity index (χ1) is 10.5. The van der Waals surface area contributed by atoms with E-state index in [0.29, 0.717) is 32.2 Å². The molecule has 0 saturated carbocycles. The summed E-state index contributed by atoms with van der Waals surface area (Å²) in [7, 11) is 1.82. The maximum absolute atomic E-state index is 12.6. The van der Waals surface area contributed by atoms with Gasteiger partial charge >= 0.3 is 0 Å². The maximum atomic E-state index is 12.6. The number of likely N-dealkylation sites (tertiary alicyclic amines) is 1. The summed E-state index contributed by atoms with van der Waals surface area (Å²) in [5.41, 5.74) is -0.403. The first-order valence-corrected chi connectivity index (χ1v) is 7.97. The van der Waals surface area contributed by atoms with Crippen molar-refractivity contribution in [3.8, 4) is 12.3 Å². The van der Waals surface area contributed by atoms with Crippen LogP contribution in [0, 0.1) is 12.3 Å². The lowest BCUT2D eigenvalue weighted by Gasteiger charge is -2.28. The molecule has 3 aliphatic rings. The number of carbonyl (C=O) groups is 2. The highest BCUT2D eigenvalue weighted by molar-refractivity contribution is 5.81. The number of amides is 2. The highest BCUT2D eigenvalue weighted by Crippen LogP contribution is 2.39. The lowest BCUT2D eigenvalue weighted by Crippen LogP contribution is -2.43. The Hall–Kier alpha value is -1.90. The Labute approximate surface area is 130 Å². The average Bonchev–Trinajstić information content (AvgIpc) is 3.19. The van der Waals surface area contributed by atoms with E-state index in [2.05, 4.69) is 16.1 Å².